The third-order valence-corrected chi connectivity index (χ3v) is 4.05. The first-order valence-corrected chi connectivity index (χ1v) is 7.92. The van der Waals surface area contributed by atoms with Gasteiger partial charge in [0.2, 0.25) is 5.78 Å². The number of fused-ring (bicyclic) bond motifs is 1. The van der Waals surface area contributed by atoms with E-state index in [4.69, 9.17) is 5.73 Å². The van der Waals surface area contributed by atoms with Crippen molar-refractivity contribution in [1.82, 2.24) is 15.0 Å². The molecule has 2 aromatic heterocycles. The standard InChI is InChI=1S/C20H14N4O2/c21-15-6-5-13(8-19(15)25)20(26)18-11-22-10-17(24-18)14-7-12-3-1-2-4-16(12)23-9-14/h1-11,25H,21H2. The molecule has 0 unspecified atom stereocenters. The van der Waals surface area contributed by atoms with Gasteiger partial charge in [-0.3, -0.25) is 14.8 Å². The first-order chi connectivity index (χ1) is 12.6. The summed E-state index contributed by atoms with van der Waals surface area (Å²) in [6, 6.07) is 14.1. The van der Waals surface area contributed by atoms with Crippen LogP contribution in [-0.2, 0) is 0 Å². The number of para-hydroxylation sites is 1. The minimum atomic E-state index is -0.344. The number of phenolic OH excluding ortho intramolecular Hbond substituents is 1. The highest BCUT2D eigenvalue weighted by molar-refractivity contribution is 6.08. The number of anilines is 1. The molecule has 0 aliphatic heterocycles. The number of pyridine rings is 1. The molecule has 0 bridgehead atoms. The Balaban J connectivity index is 1.73. The smallest absolute Gasteiger partial charge is 0.213 e. The Kier molecular flexibility index (Phi) is 3.78. The summed E-state index contributed by atoms with van der Waals surface area (Å²) in [7, 11) is 0. The minimum absolute atomic E-state index is 0.140. The van der Waals surface area contributed by atoms with Crippen molar-refractivity contribution in [1.29, 1.82) is 0 Å². The van der Waals surface area contributed by atoms with Crippen molar-refractivity contribution in [3.05, 3.63) is 78.4 Å². The second-order valence-corrected chi connectivity index (χ2v) is 5.81. The highest BCUT2D eigenvalue weighted by Gasteiger charge is 2.14. The fourth-order valence-corrected chi connectivity index (χ4v) is 2.66. The summed E-state index contributed by atoms with van der Waals surface area (Å²) < 4.78 is 0. The summed E-state index contributed by atoms with van der Waals surface area (Å²) in [6.07, 6.45) is 4.69. The Hall–Kier alpha value is -3.80. The number of aromatic hydroxyl groups is 1. The molecule has 3 N–H and O–H groups in total. The van der Waals surface area contributed by atoms with Crippen LogP contribution in [0.4, 0.5) is 5.69 Å². The highest BCUT2D eigenvalue weighted by atomic mass is 16.3. The van der Waals surface area contributed by atoms with E-state index >= 15 is 0 Å². The maximum atomic E-state index is 12.6. The first kappa shape index (κ1) is 15.7. The average molecular weight is 342 g/mol. The third-order valence-electron chi connectivity index (χ3n) is 4.05. The summed E-state index contributed by atoms with van der Waals surface area (Å²) in [4.78, 5) is 25.6. The third kappa shape index (κ3) is 2.84. The zero-order valence-corrected chi connectivity index (χ0v) is 13.6. The monoisotopic (exact) mass is 342 g/mol. The predicted octanol–water partition coefficient (Wildman–Crippen LogP) is 3.21. The maximum absolute atomic E-state index is 12.6. The van der Waals surface area contributed by atoms with Crippen molar-refractivity contribution in [2.45, 2.75) is 0 Å². The van der Waals surface area contributed by atoms with E-state index in [1.807, 2.05) is 30.3 Å². The van der Waals surface area contributed by atoms with Crippen LogP contribution in [0.25, 0.3) is 22.2 Å². The van der Waals surface area contributed by atoms with Gasteiger partial charge in [-0.25, -0.2) is 4.98 Å². The second kappa shape index (κ2) is 6.25. The Morgan fingerprint density at radius 2 is 1.85 bits per heavy atom. The minimum Gasteiger partial charge on any atom is -0.506 e. The average Bonchev–Trinajstić information content (AvgIpc) is 2.69. The van der Waals surface area contributed by atoms with Gasteiger partial charge in [0, 0.05) is 22.7 Å². The molecular weight excluding hydrogens is 328 g/mol. The lowest BCUT2D eigenvalue weighted by Crippen LogP contribution is -2.06. The van der Waals surface area contributed by atoms with Crippen LogP contribution >= 0.6 is 0 Å². The van der Waals surface area contributed by atoms with Crippen LogP contribution in [0.5, 0.6) is 5.75 Å². The lowest BCUT2D eigenvalue weighted by atomic mass is 10.1. The quantitative estimate of drug-likeness (QED) is 0.337. The molecule has 2 aromatic carbocycles. The van der Waals surface area contributed by atoms with E-state index in [0.717, 1.165) is 16.5 Å². The zero-order chi connectivity index (χ0) is 18.1. The van der Waals surface area contributed by atoms with Crippen molar-refractivity contribution in [2.75, 3.05) is 5.73 Å². The molecule has 4 aromatic rings. The Labute approximate surface area is 149 Å². The summed E-state index contributed by atoms with van der Waals surface area (Å²) in [5.74, 6) is -0.484. The molecule has 0 radical (unpaired) electrons. The topological polar surface area (TPSA) is 102 Å². The van der Waals surface area contributed by atoms with Gasteiger partial charge in [-0.2, -0.15) is 0 Å². The lowest BCUT2D eigenvalue weighted by Gasteiger charge is -2.06. The van der Waals surface area contributed by atoms with Crippen molar-refractivity contribution in [2.24, 2.45) is 0 Å². The lowest BCUT2D eigenvalue weighted by molar-refractivity contribution is 0.103. The van der Waals surface area contributed by atoms with E-state index in [0.29, 0.717) is 11.3 Å². The SMILES string of the molecule is Nc1ccc(C(=O)c2cncc(-c3cnc4ccccc4c3)n2)cc1O. The van der Waals surface area contributed by atoms with Gasteiger partial charge in [0.1, 0.15) is 11.4 Å². The van der Waals surface area contributed by atoms with Gasteiger partial charge in [0.15, 0.2) is 0 Å². The molecule has 126 valence electrons. The van der Waals surface area contributed by atoms with Crippen LogP contribution in [-0.4, -0.2) is 25.8 Å². The van der Waals surface area contributed by atoms with E-state index in [-0.39, 0.29) is 22.9 Å². The number of nitrogens with two attached hydrogens (primary N) is 1. The number of hydrogen-bond donors (Lipinski definition) is 2. The van der Waals surface area contributed by atoms with Crippen LogP contribution in [0.15, 0.2) is 67.1 Å². The first-order valence-electron chi connectivity index (χ1n) is 7.92. The Morgan fingerprint density at radius 3 is 2.69 bits per heavy atom. The number of carbonyl (C=O) groups excluding carboxylic acids is 1. The van der Waals surface area contributed by atoms with E-state index in [1.165, 1.54) is 18.3 Å². The van der Waals surface area contributed by atoms with Gasteiger partial charge in [0.05, 0.1) is 29.3 Å². The number of carbonyl (C=O) groups is 1. The molecule has 26 heavy (non-hydrogen) atoms. The van der Waals surface area contributed by atoms with Crippen molar-refractivity contribution < 1.29 is 9.90 Å². The number of rotatable bonds is 3. The maximum Gasteiger partial charge on any atom is 0.213 e. The van der Waals surface area contributed by atoms with Crippen LogP contribution in [0.2, 0.25) is 0 Å². The molecular formula is C20H14N4O2. The van der Waals surface area contributed by atoms with Gasteiger partial charge in [-0.05, 0) is 30.3 Å². The summed E-state index contributed by atoms with van der Waals surface area (Å²) >= 11 is 0. The molecule has 6 nitrogen and oxygen atoms in total. The van der Waals surface area contributed by atoms with Gasteiger partial charge in [-0.15, -0.1) is 0 Å². The van der Waals surface area contributed by atoms with Gasteiger partial charge in [0.25, 0.3) is 0 Å². The number of aromatic nitrogens is 3. The predicted molar refractivity (Wildman–Crippen MR) is 98.7 cm³/mol. The molecule has 0 saturated carbocycles. The number of phenols is 1. The number of nitrogen functional groups attached to an aromatic ring is 1. The molecule has 6 heteroatoms. The molecule has 0 aliphatic carbocycles. The molecule has 0 spiro atoms. The van der Waals surface area contributed by atoms with Gasteiger partial charge in [-0.1, -0.05) is 18.2 Å². The number of nitrogens with zero attached hydrogens (tertiary/aromatic N) is 3. The van der Waals surface area contributed by atoms with E-state index in [2.05, 4.69) is 15.0 Å². The molecule has 0 atom stereocenters. The largest absolute Gasteiger partial charge is 0.506 e. The van der Waals surface area contributed by atoms with E-state index in [1.54, 1.807) is 18.5 Å². The van der Waals surface area contributed by atoms with Crippen molar-refractivity contribution in [3.63, 3.8) is 0 Å². The fraction of sp³-hybridized carbons (Fsp3) is 0. The van der Waals surface area contributed by atoms with Crippen LogP contribution < -0.4 is 5.73 Å². The number of hydrogen-bond acceptors (Lipinski definition) is 6. The second-order valence-electron chi connectivity index (χ2n) is 5.81. The van der Waals surface area contributed by atoms with E-state index < -0.39 is 0 Å². The highest BCUT2D eigenvalue weighted by Crippen LogP contribution is 2.24. The summed E-state index contributed by atoms with van der Waals surface area (Å²) in [5.41, 5.74) is 8.46. The van der Waals surface area contributed by atoms with Gasteiger partial charge >= 0.3 is 0 Å². The van der Waals surface area contributed by atoms with Crippen LogP contribution in [0.1, 0.15) is 16.1 Å². The summed E-state index contributed by atoms with van der Waals surface area (Å²) in [5, 5.41) is 10.7. The summed E-state index contributed by atoms with van der Waals surface area (Å²) in [6.45, 7) is 0. The molecule has 0 saturated heterocycles. The van der Waals surface area contributed by atoms with Gasteiger partial charge < -0.3 is 10.8 Å². The molecule has 0 fully saturated rings. The van der Waals surface area contributed by atoms with Crippen molar-refractivity contribution >= 4 is 22.4 Å². The normalized spacial score (nSPS) is 10.8. The van der Waals surface area contributed by atoms with Crippen LogP contribution in [0.3, 0.4) is 0 Å². The molecule has 0 amide bonds. The van der Waals surface area contributed by atoms with E-state index in [9.17, 15) is 9.90 Å². The Bertz CT molecular complexity index is 1140. The van der Waals surface area contributed by atoms with Crippen LogP contribution in [0, 0.1) is 0 Å². The number of ketones is 1. The molecule has 0 aliphatic rings. The fourth-order valence-electron chi connectivity index (χ4n) is 2.66. The number of benzene rings is 2. The Morgan fingerprint density at radius 1 is 1.00 bits per heavy atom. The molecule has 4 rings (SSSR count). The van der Waals surface area contributed by atoms with Crippen molar-refractivity contribution in [3.8, 4) is 17.0 Å². The molecule has 2 heterocycles. The zero-order valence-electron chi connectivity index (χ0n) is 13.6.